The Balaban J connectivity index is 2.52. The first-order valence-electron chi connectivity index (χ1n) is 5.69. The smallest absolute Gasteiger partial charge is 0.214 e. The van der Waals surface area contributed by atoms with Crippen LogP contribution < -0.4 is 4.72 Å². The third-order valence-corrected chi connectivity index (χ3v) is 4.97. The number of nitrogens with one attached hydrogen (secondary N) is 1. The molecule has 0 amide bonds. The molecule has 0 aromatic rings. The summed E-state index contributed by atoms with van der Waals surface area (Å²) in [6.07, 6.45) is 1.52. The van der Waals surface area contributed by atoms with Crippen molar-refractivity contribution in [3.8, 4) is 0 Å². The SMILES string of the molecule is CCN1CCC(S(=O)(=O)NC(C)C)CC1. The molecule has 4 nitrogen and oxygen atoms in total. The van der Waals surface area contributed by atoms with Crippen molar-refractivity contribution in [2.45, 2.75) is 44.9 Å². The molecule has 0 aromatic heterocycles. The number of hydrogen-bond donors (Lipinski definition) is 1. The van der Waals surface area contributed by atoms with E-state index in [4.69, 9.17) is 0 Å². The molecule has 0 radical (unpaired) electrons. The van der Waals surface area contributed by atoms with Crippen LogP contribution in [0.3, 0.4) is 0 Å². The minimum absolute atomic E-state index is 0.000736. The molecule has 0 unspecified atom stereocenters. The molecule has 0 atom stereocenters. The Bertz CT molecular complexity index is 280. The van der Waals surface area contributed by atoms with Crippen LogP contribution in [-0.2, 0) is 10.0 Å². The monoisotopic (exact) mass is 234 g/mol. The lowest BCUT2D eigenvalue weighted by Crippen LogP contribution is -2.45. The minimum atomic E-state index is -3.09. The molecule has 1 fully saturated rings. The van der Waals surface area contributed by atoms with Gasteiger partial charge in [0.05, 0.1) is 5.25 Å². The highest BCUT2D eigenvalue weighted by atomic mass is 32.2. The van der Waals surface area contributed by atoms with Crippen molar-refractivity contribution in [1.29, 1.82) is 0 Å². The van der Waals surface area contributed by atoms with Gasteiger partial charge in [-0.3, -0.25) is 0 Å². The van der Waals surface area contributed by atoms with Gasteiger partial charge in [-0.15, -0.1) is 0 Å². The Morgan fingerprint density at radius 2 is 1.87 bits per heavy atom. The molecule has 1 saturated heterocycles. The summed E-state index contributed by atoms with van der Waals surface area (Å²) in [5, 5.41) is -0.192. The van der Waals surface area contributed by atoms with Crippen molar-refractivity contribution in [3.05, 3.63) is 0 Å². The van der Waals surface area contributed by atoms with Crippen LogP contribution in [0.5, 0.6) is 0 Å². The Morgan fingerprint density at radius 1 is 1.33 bits per heavy atom. The first-order valence-corrected chi connectivity index (χ1v) is 7.24. The van der Waals surface area contributed by atoms with Crippen molar-refractivity contribution in [1.82, 2.24) is 9.62 Å². The van der Waals surface area contributed by atoms with Crippen LogP contribution in [0.4, 0.5) is 0 Å². The summed E-state index contributed by atoms with van der Waals surface area (Å²) in [6, 6.07) is -0.000736. The number of nitrogens with zero attached hydrogens (tertiary/aromatic N) is 1. The first-order chi connectivity index (χ1) is 6.95. The number of sulfonamides is 1. The zero-order valence-electron chi connectivity index (χ0n) is 9.86. The van der Waals surface area contributed by atoms with E-state index in [1.165, 1.54) is 0 Å². The molecule has 0 saturated carbocycles. The molecule has 0 aromatic carbocycles. The summed E-state index contributed by atoms with van der Waals surface area (Å²) in [6.45, 7) is 8.66. The van der Waals surface area contributed by atoms with Gasteiger partial charge in [0, 0.05) is 6.04 Å². The minimum Gasteiger partial charge on any atom is -0.304 e. The molecule has 1 N–H and O–H groups in total. The quantitative estimate of drug-likeness (QED) is 0.783. The van der Waals surface area contributed by atoms with Crippen molar-refractivity contribution in [2.75, 3.05) is 19.6 Å². The van der Waals surface area contributed by atoms with Crippen molar-refractivity contribution < 1.29 is 8.42 Å². The maximum Gasteiger partial charge on any atom is 0.214 e. The van der Waals surface area contributed by atoms with E-state index < -0.39 is 10.0 Å². The van der Waals surface area contributed by atoms with Gasteiger partial charge >= 0.3 is 0 Å². The molecule has 0 spiro atoms. The van der Waals surface area contributed by atoms with Crippen LogP contribution in [-0.4, -0.2) is 44.2 Å². The maximum absolute atomic E-state index is 11.9. The molecule has 1 aliphatic rings. The van der Waals surface area contributed by atoms with Gasteiger partial charge in [-0.25, -0.2) is 13.1 Å². The third-order valence-electron chi connectivity index (χ3n) is 2.82. The lowest BCUT2D eigenvalue weighted by molar-refractivity contribution is 0.240. The second kappa shape index (κ2) is 5.27. The second-order valence-electron chi connectivity index (χ2n) is 4.45. The van der Waals surface area contributed by atoms with Gasteiger partial charge in [-0.1, -0.05) is 6.92 Å². The largest absolute Gasteiger partial charge is 0.304 e. The Morgan fingerprint density at radius 3 is 2.27 bits per heavy atom. The van der Waals surface area contributed by atoms with Gasteiger partial charge in [-0.05, 0) is 46.3 Å². The number of hydrogen-bond acceptors (Lipinski definition) is 3. The van der Waals surface area contributed by atoms with Gasteiger partial charge in [-0.2, -0.15) is 0 Å². The molecular formula is C10H22N2O2S. The zero-order chi connectivity index (χ0) is 11.5. The topological polar surface area (TPSA) is 49.4 Å². The lowest BCUT2D eigenvalue weighted by atomic mass is 10.1. The van der Waals surface area contributed by atoms with Crippen LogP contribution >= 0.6 is 0 Å². The highest BCUT2D eigenvalue weighted by Gasteiger charge is 2.29. The summed E-state index contributed by atoms with van der Waals surface area (Å²) >= 11 is 0. The molecule has 15 heavy (non-hydrogen) atoms. The summed E-state index contributed by atoms with van der Waals surface area (Å²) in [4.78, 5) is 2.29. The molecule has 1 heterocycles. The van der Waals surface area contributed by atoms with E-state index in [1.807, 2.05) is 13.8 Å². The van der Waals surface area contributed by atoms with Crippen LogP contribution in [0.2, 0.25) is 0 Å². The van der Waals surface area contributed by atoms with E-state index in [1.54, 1.807) is 0 Å². The maximum atomic E-state index is 11.9. The predicted molar refractivity (Wildman–Crippen MR) is 62.3 cm³/mol. The van der Waals surface area contributed by atoms with Crippen LogP contribution in [0.15, 0.2) is 0 Å². The Hall–Kier alpha value is -0.130. The highest BCUT2D eigenvalue weighted by Crippen LogP contribution is 2.16. The number of rotatable bonds is 4. The van der Waals surface area contributed by atoms with E-state index in [0.29, 0.717) is 0 Å². The van der Waals surface area contributed by atoms with E-state index in [0.717, 1.165) is 32.5 Å². The first kappa shape index (κ1) is 12.9. The molecule has 0 bridgehead atoms. The van der Waals surface area contributed by atoms with Crippen molar-refractivity contribution in [2.24, 2.45) is 0 Å². The van der Waals surface area contributed by atoms with Gasteiger partial charge < -0.3 is 4.90 Å². The number of likely N-dealkylation sites (tertiary alicyclic amines) is 1. The van der Waals surface area contributed by atoms with Gasteiger partial charge in [0.2, 0.25) is 10.0 Å². The van der Waals surface area contributed by atoms with Gasteiger partial charge in [0.25, 0.3) is 0 Å². The fourth-order valence-corrected chi connectivity index (χ4v) is 3.64. The molecule has 1 aliphatic heterocycles. The lowest BCUT2D eigenvalue weighted by Gasteiger charge is -2.31. The van der Waals surface area contributed by atoms with Gasteiger partial charge in [0.1, 0.15) is 0 Å². The summed E-state index contributed by atoms with van der Waals surface area (Å²) in [5.74, 6) is 0. The average Bonchev–Trinajstić information content (AvgIpc) is 2.16. The Kier molecular flexibility index (Phi) is 4.55. The van der Waals surface area contributed by atoms with E-state index in [2.05, 4.69) is 16.5 Å². The average molecular weight is 234 g/mol. The third kappa shape index (κ3) is 3.74. The summed E-state index contributed by atoms with van der Waals surface area (Å²) in [5.41, 5.74) is 0. The molecule has 1 rings (SSSR count). The number of piperidine rings is 1. The van der Waals surface area contributed by atoms with Crippen molar-refractivity contribution in [3.63, 3.8) is 0 Å². The van der Waals surface area contributed by atoms with Crippen LogP contribution in [0, 0.1) is 0 Å². The standard InChI is InChI=1S/C10H22N2O2S/c1-4-12-7-5-10(6-8-12)15(13,14)11-9(2)3/h9-11H,4-8H2,1-3H3. The molecule has 0 aliphatic carbocycles. The second-order valence-corrected chi connectivity index (χ2v) is 6.44. The molecular weight excluding hydrogens is 212 g/mol. The van der Waals surface area contributed by atoms with E-state index in [9.17, 15) is 8.42 Å². The predicted octanol–water partition coefficient (Wildman–Crippen LogP) is 0.798. The van der Waals surface area contributed by atoms with Crippen LogP contribution in [0.25, 0.3) is 0 Å². The molecule has 90 valence electrons. The Labute approximate surface area is 93.1 Å². The van der Waals surface area contributed by atoms with Crippen molar-refractivity contribution >= 4 is 10.0 Å². The van der Waals surface area contributed by atoms with E-state index >= 15 is 0 Å². The fraction of sp³-hybridized carbons (Fsp3) is 1.00. The fourth-order valence-electron chi connectivity index (χ4n) is 1.96. The molecule has 5 heteroatoms. The normalized spacial score (nSPS) is 21.1. The van der Waals surface area contributed by atoms with Crippen LogP contribution in [0.1, 0.15) is 33.6 Å². The zero-order valence-corrected chi connectivity index (χ0v) is 10.7. The summed E-state index contributed by atoms with van der Waals surface area (Å²) in [7, 11) is -3.09. The van der Waals surface area contributed by atoms with Gasteiger partial charge in [0.15, 0.2) is 0 Å². The highest BCUT2D eigenvalue weighted by molar-refractivity contribution is 7.90. The summed E-state index contributed by atoms with van der Waals surface area (Å²) < 4.78 is 26.4. The van der Waals surface area contributed by atoms with E-state index in [-0.39, 0.29) is 11.3 Å².